The van der Waals surface area contributed by atoms with Crippen molar-refractivity contribution in [1.29, 1.82) is 0 Å². The molecule has 0 unspecified atom stereocenters. The Hall–Kier alpha value is -1.25. The van der Waals surface area contributed by atoms with Crippen molar-refractivity contribution in [3.8, 4) is 0 Å². The molecule has 0 aliphatic carbocycles. The smallest absolute Gasteiger partial charge is 0.134 e. The van der Waals surface area contributed by atoms with Gasteiger partial charge in [0, 0.05) is 22.5 Å². The van der Waals surface area contributed by atoms with Gasteiger partial charge in [-0.25, -0.2) is 0 Å². The Morgan fingerprint density at radius 3 is 3.00 bits per heavy atom. The molecule has 14 heavy (non-hydrogen) atoms. The van der Waals surface area contributed by atoms with Crippen molar-refractivity contribution in [2.24, 2.45) is 5.73 Å². The van der Waals surface area contributed by atoms with Crippen LogP contribution in [0.1, 0.15) is 5.56 Å². The summed E-state index contributed by atoms with van der Waals surface area (Å²) in [6.07, 6.45) is 5.44. The fourth-order valence-electron chi connectivity index (χ4n) is 1.40. The molecule has 1 aromatic carbocycles. The second-order valence-corrected chi connectivity index (χ2v) is 3.34. The van der Waals surface area contributed by atoms with Crippen molar-refractivity contribution in [1.82, 2.24) is 0 Å². The second kappa shape index (κ2) is 3.86. The fraction of sp³-hybridized carbons (Fsp3) is 0.0909. The van der Waals surface area contributed by atoms with Gasteiger partial charge in [0.15, 0.2) is 0 Å². The minimum atomic E-state index is 0.505. The third-order valence-electron chi connectivity index (χ3n) is 2.04. The van der Waals surface area contributed by atoms with Crippen molar-refractivity contribution in [3.05, 3.63) is 41.1 Å². The molecular formula is C11H10ClNO. The number of halogens is 1. The topological polar surface area (TPSA) is 39.2 Å². The molecule has 0 atom stereocenters. The highest BCUT2D eigenvalue weighted by molar-refractivity contribution is 6.33. The number of nitrogens with two attached hydrogens (primary N) is 1. The Bertz CT molecular complexity index is 473. The zero-order chi connectivity index (χ0) is 9.97. The first-order valence-corrected chi connectivity index (χ1v) is 4.73. The standard InChI is InChI=1S/C11H10ClNO/c12-10-3-4-11-9(5-7-14-11)8(10)2-1-6-13/h1-5,7H,6,13H2/b2-1+. The number of rotatable bonds is 2. The van der Waals surface area contributed by atoms with E-state index in [1.54, 1.807) is 6.26 Å². The molecule has 0 saturated heterocycles. The Balaban J connectivity index is 2.64. The molecule has 0 saturated carbocycles. The summed E-state index contributed by atoms with van der Waals surface area (Å²) < 4.78 is 5.27. The lowest BCUT2D eigenvalue weighted by Crippen LogP contribution is -1.92. The van der Waals surface area contributed by atoms with E-state index in [9.17, 15) is 0 Å². The first-order chi connectivity index (χ1) is 6.83. The van der Waals surface area contributed by atoms with Crippen molar-refractivity contribution in [2.75, 3.05) is 6.54 Å². The van der Waals surface area contributed by atoms with Crippen LogP contribution in [0.4, 0.5) is 0 Å². The van der Waals surface area contributed by atoms with E-state index < -0.39 is 0 Å². The van der Waals surface area contributed by atoms with Crippen LogP contribution in [-0.2, 0) is 0 Å². The molecule has 3 heteroatoms. The summed E-state index contributed by atoms with van der Waals surface area (Å²) in [6.45, 7) is 0.505. The van der Waals surface area contributed by atoms with Gasteiger partial charge in [-0.1, -0.05) is 23.8 Å². The second-order valence-electron chi connectivity index (χ2n) is 2.93. The van der Waals surface area contributed by atoms with Gasteiger partial charge in [0.2, 0.25) is 0 Å². The third kappa shape index (κ3) is 1.54. The van der Waals surface area contributed by atoms with Gasteiger partial charge in [-0.3, -0.25) is 0 Å². The van der Waals surface area contributed by atoms with E-state index in [0.29, 0.717) is 11.6 Å². The van der Waals surface area contributed by atoms with Crippen LogP contribution >= 0.6 is 11.6 Å². The molecule has 0 aliphatic heterocycles. The highest BCUT2D eigenvalue weighted by Gasteiger charge is 2.04. The lowest BCUT2D eigenvalue weighted by atomic mass is 10.1. The summed E-state index contributed by atoms with van der Waals surface area (Å²) in [5.41, 5.74) is 7.19. The molecule has 1 aromatic heterocycles. The van der Waals surface area contributed by atoms with Crippen LogP contribution < -0.4 is 5.73 Å². The van der Waals surface area contributed by atoms with Crippen molar-refractivity contribution in [2.45, 2.75) is 0 Å². The van der Waals surface area contributed by atoms with Gasteiger partial charge in [0.05, 0.1) is 6.26 Å². The molecule has 0 aliphatic rings. The maximum atomic E-state index is 6.06. The number of furan rings is 1. The lowest BCUT2D eigenvalue weighted by Gasteiger charge is -1.99. The molecule has 0 amide bonds. The average molecular weight is 208 g/mol. The Kier molecular flexibility index (Phi) is 2.57. The van der Waals surface area contributed by atoms with Gasteiger partial charge < -0.3 is 10.2 Å². The number of fused-ring (bicyclic) bond motifs is 1. The summed E-state index contributed by atoms with van der Waals surface area (Å²) in [4.78, 5) is 0. The first-order valence-electron chi connectivity index (χ1n) is 4.35. The van der Waals surface area contributed by atoms with Gasteiger partial charge in [0.1, 0.15) is 5.58 Å². The van der Waals surface area contributed by atoms with E-state index in [2.05, 4.69) is 0 Å². The van der Waals surface area contributed by atoms with Gasteiger partial charge in [0.25, 0.3) is 0 Å². The molecule has 2 aromatic rings. The van der Waals surface area contributed by atoms with E-state index in [-0.39, 0.29) is 0 Å². The van der Waals surface area contributed by atoms with Crippen molar-refractivity contribution >= 4 is 28.6 Å². The van der Waals surface area contributed by atoms with E-state index in [4.69, 9.17) is 21.8 Å². The van der Waals surface area contributed by atoms with Crippen LogP contribution in [0, 0.1) is 0 Å². The number of hydrogen-bond acceptors (Lipinski definition) is 2. The SMILES string of the molecule is NC/C=C/c1c(Cl)ccc2occc12. The summed E-state index contributed by atoms with van der Waals surface area (Å²) in [5, 5.41) is 1.73. The van der Waals surface area contributed by atoms with E-state index in [0.717, 1.165) is 16.5 Å². The van der Waals surface area contributed by atoms with Gasteiger partial charge in [-0.15, -0.1) is 0 Å². The van der Waals surface area contributed by atoms with E-state index in [1.807, 2.05) is 30.4 Å². The molecule has 0 radical (unpaired) electrons. The van der Waals surface area contributed by atoms with Crippen LogP contribution in [0.5, 0.6) is 0 Å². The Morgan fingerprint density at radius 2 is 2.21 bits per heavy atom. The summed E-state index contributed by atoms with van der Waals surface area (Å²) in [6, 6.07) is 5.58. The molecule has 2 nitrogen and oxygen atoms in total. The van der Waals surface area contributed by atoms with Crippen molar-refractivity contribution in [3.63, 3.8) is 0 Å². The Morgan fingerprint density at radius 1 is 1.36 bits per heavy atom. The zero-order valence-corrected chi connectivity index (χ0v) is 8.29. The zero-order valence-electron chi connectivity index (χ0n) is 7.53. The lowest BCUT2D eigenvalue weighted by molar-refractivity contribution is 0.616. The minimum Gasteiger partial charge on any atom is -0.464 e. The van der Waals surface area contributed by atoms with Gasteiger partial charge in [-0.2, -0.15) is 0 Å². The molecule has 2 N–H and O–H groups in total. The van der Waals surface area contributed by atoms with Crippen LogP contribution in [-0.4, -0.2) is 6.54 Å². The Labute approximate surface area is 87.0 Å². The number of hydrogen-bond donors (Lipinski definition) is 1. The summed E-state index contributed by atoms with van der Waals surface area (Å²) >= 11 is 6.06. The maximum Gasteiger partial charge on any atom is 0.134 e. The first kappa shape index (κ1) is 9.31. The molecule has 0 spiro atoms. The van der Waals surface area contributed by atoms with Crippen LogP contribution in [0.15, 0.2) is 35.0 Å². The highest BCUT2D eigenvalue weighted by Crippen LogP contribution is 2.27. The van der Waals surface area contributed by atoms with E-state index in [1.165, 1.54) is 0 Å². The predicted octanol–water partition coefficient (Wildman–Crippen LogP) is 3.06. The van der Waals surface area contributed by atoms with Crippen LogP contribution in [0.25, 0.3) is 17.0 Å². The average Bonchev–Trinajstić information content (AvgIpc) is 2.64. The van der Waals surface area contributed by atoms with Crippen LogP contribution in [0.2, 0.25) is 5.02 Å². The molecule has 0 bridgehead atoms. The third-order valence-corrected chi connectivity index (χ3v) is 2.37. The largest absolute Gasteiger partial charge is 0.464 e. The molecule has 72 valence electrons. The van der Waals surface area contributed by atoms with Crippen molar-refractivity contribution < 1.29 is 4.42 Å². The minimum absolute atomic E-state index is 0.505. The van der Waals surface area contributed by atoms with Crippen LogP contribution in [0.3, 0.4) is 0 Å². The summed E-state index contributed by atoms with van der Waals surface area (Å²) in [7, 11) is 0. The summed E-state index contributed by atoms with van der Waals surface area (Å²) in [5.74, 6) is 0. The molecular weight excluding hydrogens is 198 g/mol. The monoisotopic (exact) mass is 207 g/mol. The van der Waals surface area contributed by atoms with Gasteiger partial charge >= 0.3 is 0 Å². The van der Waals surface area contributed by atoms with Gasteiger partial charge in [-0.05, 0) is 18.2 Å². The fourth-order valence-corrected chi connectivity index (χ4v) is 1.62. The quantitative estimate of drug-likeness (QED) is 0.822. The van der Waals surface area contributed by atoms with E-state index >= 15 is 0 Å². The predicted molar refractivity (Wildman–Crippen MR) is 59.3 cm³/mol. The number of benzene rings is 1. The molecule has 0 fully saturated rings. The highest BCUT2D eigenvalue weighted by atomic mass is 35.5. The maximum absolute atomic E-state index is 6.06. The normalized spacial score (nSPS) is 11.6. The molecule has 2 rings (SSSR count). The molecule has 1 heterocycles.